The van der Waals surface area contributed by atoms with Gasteiger partial charge in [0.15, 0.2) is 10.2 Å². The zero-order chi connectivity index (χ0) is 21.6. The highest BCUT2D eigenvalue weighted by atomic mass is 35.5. The van der Waals surface area contributed by atoms with Gasteiger partial charge in [-0.3, -0.25) is 15.8 Å². The molecule has 30 heavy (non-hydrogen) atoms. The molecule has 0 unspecified atom stereocenters. The molecule has 1 aromatic heterocycles. The van der Waals surface area contributed by atoms with Crippen LogP contribution in [-0.2, 0) is 14.8 Å². The van der Waals surface area contributed by atoms with Crippen LogP contribution in [0, 0.1) is 0 Å². The van der Waals surface area contributed by atoms with E-state index in [1.54, 1.807) is 24.5 Å². The second-order valence-electron chi connectivity index (χ2n) is 6.06. The van der Waals surface area contributed by atoms with Crippen LogP contribution >= 0.6 is 36.0 Å². The van der Waals surface area contributed by atoms with Crippen molar-refractivity contribution in [3.05, 3.63) is 47.7 Å². The summed E-state index contributed by atoms with van der Waals surface area (Å²) in [6, 6.07) is 7.97. The Hall–Kier alpha value is -2.09. The van der Waals surface area contributed by atoms with Gasteiger partial charge in [-0.25, -0.2) is 8.42 Å². The van der Waals surface area contributed by atoms with Crippen molar-refractivity contribution in [3.8, 4) is 0 Å². The molecule has 4 N–H and O–H groups in total. The number of anilines is 2. The first-order chi connectivity index (χ1) is 14.4. The van der Waals surface area contributed by atoms with Gasteiger partial charge >= 0.3 is 0 Å². The summed E-state index contributed by atoms with van der Waals surface area (Å²) in [5, 5.41) is 6.52. The molecule has 1 aliphatic heterocycles. The fourth-order valence-electron chi connectivity index (χ4n) is 2.56. The molecule has 0 atom stereocenters. The average molecular weight is 487 g/mol. The quantitative estimate of drug-likeness (QED) is 0.378. The number of aromatic nitrogens is 1. The predicted octanol–water partition coefficient (Wildman–Crippen LogP) is 1.94. The fraction of sp³-hybridized carbons (Fsp3) is 0.235. The van der Waals surface area contributed by atoms with Crippen molar-refractivity contribution in [1.82, 2.24) is 20.1 Å². The van der Waals surface area contributed by atoms with Gasteiger partial charge in [0.2, 0.25) is 10.0 Å². The van der Waals surface area contributed by atoms with Gasteiger partial charge in [0.25, 0.3) is 0 Å². The van der Waals surface area contributed by atoms with E-state index in [1.165, 1.54) is 22.5 Å². The lowest BCUT2D eigenvalue weighted by atomic mass is 10.3. The molecular weight excluding hydrogens is 468 g/mol. The third-order valence-electron chi connectivity index (χ3n) is 4.00. The molecule has 1 aromatic carbocycles. The van der Waals surface area contributed by atoms with Gasteiger partial charge in [-0.15, -0.1) is 0 Å². The molecule has 0 saturated carbocycles. The van der Waals surface area contributed by atoms with Crippen LogP contribution in [0.4, 0.5) is 11.4 Å². The van der Waals surface area contributed by atoms with Crippen LogP contribution in [0.5, 0.6) is 0 Å². The lowest BCUT2D eigenvalue weighted by molar-refractivity contribution is 0.0730. The summed E-state index contributed by atoms with van der Waals surface area (Å²) in [4.78, 5) is 4.09. The van der Waals surface area contributed by atoms with Gasteiger partial charge in [0, 0.05) is 19.3 Å². The third-order valence-corrected chi connectivity index (χ3v) is 6.64. The number of benzene rings is 1. The van der Waals surface area contributed by atoms with E-state index >= 15 is 0 Å². The molecule has 2 heterocycles. The first kappa shape index (κ1) is 22.6. The van der Waals surface area contributed by atoms with E-state index < -0.39 is 10.0 Å². The predicted molar refractivity (Wildman–Crippen MR) is 124 cm³/mol. The number of nitrogens with zero attached hydrogens (tertiary/aromatic N) is 2. The number of hydrogen-bond acceptors (Lipinski definition) is 6. The Labute approximate surface area is 190 Å². The number of morpholine rings is 1. The number of hydrazine groups is 1. The number of hydrogen-bond donors (Lipinski definition) is 4. The molecule has 1 aliphatic rings. The maximum absolute atomic E-state index is 12.8. The van der Waals surface area contributed by atoms with Gasteiger partial charge in [-0.05, 0) is 54.8 Å². The number of sulfonamides is 1. The normalized spacial score (nSPS) is 14.6. The van der Waals surface area contributed by atoms with Gasteiger partial charge in [0.05, 0.1) is 40.7 Å². The van der Waals surface area contributed by atoms with E-state index in [0.717, 1.165) is 0 Å². The fourth-order valence-corrected chi connectivity index (χ4v) is 4.49. The number of rotatable bonds is 4. The van der Waals surface area contributed by atoms with Crippen molar-refractivity contribution in [3.63, 3.8) is 0 Å². The molecule has 2 aromatic rings. The highest BCUT2D eigenvalue weighted by Crippen LogP contribution is 2.27. The Morgan fingerprint density at radius 3 is 2.47 bits per heavy atom. The summed E-state index contributed by atoms with van der Waals surface area (Å²) in [5.41, 5.74) is 6.49. The van der Waals surface area contributed by atoms with Crippen LogP contribution in [0.1, 0.15) is 0 Å². The molecule has 0 amide bonds. The SMILES string of the molecule is O=S(=O)(c1ccc(Cl)c(NC(=S)NNC(=S)Nc2cccnc2)c1)N1CCOCC1. The van der Waals surface area contributed by atoms with E-state index in [2.05, 4.69) is 26.5 Å². The van der Waals surface area contributed by atoms with Crippen molar-refractivity contribution >= 4 is 67.7 Å². The summed E-state index contributed by atoms with van der Waals surface area (Å²) in [7, 11) is -3.66. The van der Waals surface area contributed by atoms with Crippen molar-refractivity contribution in [2.24, 2.45) is 0 Å². The van der Waals surface area contributed by atoms with E-state index in [9.17, 15) is 8.42 Å². The van der Waals surface area contributed by atoms with Crippen molar-refractivity contribution in [2.45, 2.75) is 4.90 Å². The van der Waals surface area contributed by atoms with E-state index in [1.807, 2.05) is 0 Å². The van der Waals surface area contributed by atoms with E-state index in [0.29, 0.717) is 42.7 Å². The topological polar surface area (TPSA) is 108 Å². The summed E-state index contributed by atoms with van der Waals surface area (Å²) in [6.07, 6.45) is 3.26. The van der Waals surface area contributed by atoms with Crippen molar-refractivity contribution < 1.29 is 13.2 Å². The third kappa shape index (κ3) is 5.97. The van der Waals surface area contributed by atoms with Crippen LogP contribution in [0.15, 0.2) is 47.6 Å². The minimum Gasteiger partial charge on any atom is -0.379 e. The van der Waals surface area contributed by atoms with Gasteiger partial charge in [-0.1, -0.05) is 11.6 Å². The minimum atomic E-state index is -3.66. The largest absolute Gasteiger partial charge is 0.379 e. The maximum atomic E-state index is 12.8. The Morgan fingerprint density at radius 2 is 1.80 bits per heavy atom. The molecule has 160 valence electrons. The molecule has 1 fully saturated rings. The van der Waals surface area contributed by atoms with Gasteiger partial charge in [0.1, 0.15) is 0 Å². The molecule has 0 aliphatic carbocycles. The summed E-state index contributed by atoms with van der Waals surface area (Å²) in [6.45, 7) is 1.34. The highest BCUT2D eigenvalue weighted by Gasteiger charge is 2.27. The number of halogens is 1. The Balaban J connectivity index is 1.61. The Kier molecular flexibility index (Phi) is 7.75. The smallest absolute Gasteiger partial charge is 0.243 e. The molecule has 3 rings (SSSR count). The molecule has 13 heteroatoms. The van der Waals surface area contributed by atoms with Gasteiger partial charge in [-0.2, -0.15) is 4.31 Å². The summed E-state index contributed by atoms with van der Waals surface area (Å²) < 4.78 is 32.3. The first-order valence-corrected chi connectivity index (χ1v) is 11.4. The van der Waals surface area contributed by atoms with Crippen LogP contribution in [0.2, 0.25) is 5.02 Å². The van der Waals surface area contributed by atoms with E-state index in [-0.39, 0.29) is 15.1 Å². The number of ether oxygens (including phenoxy) is 1. The van der Waals surface area contributed by atoms with E-state index in [4.69, 9.17) is 40.8 Å². The summed E-state index contributed by atoms with van der Waals surface area (Å²) >= 11 is 16.6. The zero-order valence-electron chi connectivity index (χ0n) is 15.6. The van der Waals surface area contributed by atoms with Crippen LogP contribution in [0.3, 0.4) is 0 Å². The lowest BCUT2D eigenvalue weighted by Gasteiger charge is -2.26. The summed E-state index contributed by atoms with van der Waals surface area (Å²) in [5.74, 6) is 0. The molecule has 9 nitrogen and oxygen atoms in total. The molecule has 1 saturated heterocycles. The first-order valence-electron chi connectivity index (χ1n) is 8.78. The lowest BCUT2D eigenvalue weighted by Crippen LogP contribution is -2.45. The monoisotopic (exact) mass is 486 g/mol. The van der Waals surface area contributed by atoms with Crippen molar-refractivity contribution in [2.75, 3.05) is 36.9 Å². The number of pyridine rings is 1. The van der Waals surface area contributed by atoms with Crippen molar-refractivity contribution in [1.29, 1.82) is 0 Å². The number of nitrogens with one attached hydrogen (secondary N) is 4. The Bertz CT molecular complexity index is 1020. The minimum absolute atomic E-state index is 0.112. The molecule has 0 radical (unpaired) electrons. The van der Waals surface area contributed by atoms with Crippen LogP contribution in [0.25, 0.3) is 0 Å². The molecule has 0 spiro atoms. The maximum Gasteiger partial charge on any atom is 0.243 e. The standard InChI is InChI=1S/C17H19ClN6O3S3/c18-14-4-3-13(30(25,26)24-6-8-27-9-7-24)10-15(14)21-17(29)23-22-16(28)20-12-2-1-5-19-11-12/h1-5,10-11H,6-9H2,(H2,20,22,28)(H2,21,23,29). The second kappa shape index (κ2) is 10.3. The Morgan fingerprint density at radius 1 is 1.10 bits per heavy atom. The average Bonchev–Trinajstić information content (AvgIpc) is 2.75. The van der Waals surface area contributed by atoms with Crippen LogP contribution in [-0.4, -0.2) is 54.2 Å². The number of thiocarbonyl (C=S) groups is 2. The highest BCUT2D eigenvalue weighted by molar-refractivity contribution is 7.89. The molecule has 0 bridgehead atoms. The second-order valence-corrected chi connectivity index (χ2v) is 9.22. The van der Waals surface area contributed by atoms with Crippen LogP contribution < -0.4 is 21.5 Å². The van der Waals surface area contributed by atoms with Gasteiger partial charge < -0.3 is 15.4 Å². The zero-order valence-corrected chi connectivity index (χ0v) is 18.8. The molecular formula is C17H19ClN6O3S3.